The van der Waals surface area contributed by atoms with Crippen molar-refractivity contribution in [3.8, 4) is 0 Å². The van der Waals surface area contributed by atoms with Gasteiger partial charge in [-0.2, -0.15) is 9.40 Å². The number of rotatable bonds is 8. The molecule has 142 valence electrons. The van der Waals surface area contributed by atoms with Crippen LogP contribution in [0.5, 0.6) is 0 Å². The molecule has 0 unspecified atom stereocenters. The zero-order valence-electron chi connectivity index (χ0n) is 15.0. The van der Waals surface area contributed by atoms with Crippen LogP contribution in [-0.4, -0.2) is 46.1 Å². The quantitative estimate of drug-likeness (QED) is 0.689. The van der Waals surface area contributed by atoms with Crippen LogP contribution in [0.15, 0.2) is 40.4 Å². The highest BCUT2D eigenvalue weighted by molar-refractivity contribution is 7.89. The standard InChI is InChI=1S/C16H23N5O4S/c1-4-21(5-2)26(24,25)14-6-7-16(23)20(11-14)12-15(22)17-8-13-9-18-19(3)10-13/h6-7,9-11H,4-5,8,12H2,1-3H3,(H,17,22). The lowest BCUT2D eigenvalue weighted by Gasteiger charge is -2.19. The van der Waals surface area contributed by atoms with Crippen LogP contribution < -0.4 is 10.9 Å². The van der Waals surface area contributed by atoms with Gasteiger partial charge < -0.3 is 9.88 Å². The van der Waals surface area contributed by atoms with Crippen molar-refractivity contribution < 1.29 is 13.2 Å². The molecular formula is C16H23N5O4S. The highest BCUT2D eigenvalue weighted by Gasteiger charge is 2.22. The predicted octanol–water partition coefficient (Wildman–Crippen LogP) is -0.0713. The van der Waals surface area contributed by atoms with E-state index in [1.165, 1.54) is 16.6 Å². The van der Waals surface area contributed by atoms with E-state index in [1.807, 2.05) is 0 Å². The van der Waals surface area contributed by atoms with Crippen LogP contribution in [0.4, 0.5) is 0 Å². The Bertz CT molecular complexity index is 928. The molecule has 0 aliphatic rings. The van der Waals surface area contributed by atoms with Gasteiger partial charge in [0.15, 0.2) is 0 Å². The van der Waals surface area contributed by atoms with E-state index in [0.717, 1.165) is 16.2 Å². The molecule has 10 heteroatoms. The van der Waals surface area contributed by atoms with Gasteiger partial charge in [0, 0.05) is 50.7 Å². The van der Waals surface area contributed by atoms with Gasteiger partial charge in [0.05, 0.1) is 11.1 Å². The van der Waals surface area contributed by atoms with Gasteiger partial charge in [-0.1, -0.05) is 13.8 Å². The van der Waals surface area contributed by atoms with Crippen LogP contribution in [0.1, 0.15) is 19.4 Å². The predicted molar refractivity (Wildman–Crippen MR) is 95.9 cm³/mol. The Balaban J connectivity index is 2.14. The maximum absolute atomic E-state index is 12.6. The highest BCUT2D eigenvalue weighted by Crippen LogP contribution is 2.13. The number of hydrogen-bond acceptors (Lipinski definition) is 5. The molecule has 2 rings (SSSR count). The lowest BCUT2D eigenvalue weighted by Crippen LogP contribution is -2.34. The van der Waals surface area contributed by atoms with E-state index in [-0.39, 0.29) is 18.0 Å². The molecule has 0 saturated carbocycles. The average Bonchev–Trinajstić information content (AvgIpc) is 3.01. The van der Waals surface area contributed by atoms with Crippen molar-refractivity contribution in [1.29, 1.82) is 0 Å². The molecule has 0 fully saturated rings. The average molecular weight is 381 g/mol. The molecule has 1 N–H and O–H groups in total. The number of carbonyl (C=O) groups is 1. The van der Waals surface area contributed by atoms with E-state index in [4.69, 9.17) is 0 Å². The lowest BCUT2D eigenvalue weighted by molar-refractivity contribution is -0.121. The summed E-state index contributed by atoms with van der Waals surface area (Å²) >= 11 is 0. The molecule has 0 aromatic carbocycles. The molecule has 0 spiro atoms. The summed E-state index contributed by atoms with van der Waals surface area (Å²) in [6.07, 6.45) is 4.60. The molecule has 1 amide bonds. The summed E-state index contributed by atoms with van der Waals surface area (Å²) in [4.78, 5) is 24.1. The number of pyridine rings is 1. The fraction of sp³-hybridized carbons (Fsp3) is 0.438. The van der Waals surface area contributed by atoms with Gasteiger partial charge in [-0.25, -0.2) is 8.42 Å². The second kappa shape index (κ2) is 8.28. The topological polar surface area (TPSA) is 106 Å². The third-order valence-corrected chi connectivity index (χ3v) is 5.89. The van der Waals surface area contributed by atoms with Crippen molar-refractivity contribution in [3.63, 3.8) is 0 Å². The first-order valence-corrected chi connectivity index (χ1v) is 9.66. The fourth-order valence-corrected chi connectivity index (χ4v) is 3.95. The fourth-order valence-electron chi connectivity index (χ4n) is 2.47. The van der Waals surface area contributed by atoms with Crippen LogP contribution in [0.2, 0.25) is 0 Å². The number of nitrogens with zero attached hydrogens (tertiary/aromatic N) is 4. The summed E-state index contributed by atoms with van der Waals surface area (Å²) in [5, 5.41) is 6.68. The van der Waals surface area contributed by atoms with Crippen LogP contribution in [-0.2, 0) is 35.0 Å². The van der Waals surface area contributed by atoms with Gasteiger partial charge in [-0.15, -0.1) is 0 Å². The minimum Gasteiger partial charge on any atom is -0.350 e. The van der Waals surface area contributed by atoms with Crippen molar-refractivity contribution in [3.05, 3.63) is 46.6 Å². The first-order valence-electron chi connectivity index (χ1n) is 8.22. The molecule has 9 nitrogen and oxygen atoms in total. The Labute approximate surface area is 152 Å². The smallest absolute Gasteiger partial charge is 0.251 e. The zero-order valence-corrected chi connectivity index (χ0v) is 15.9. The number of nitrogens with one attached hydrogen (secondary N) is 1. The molecule has 0 aliphatic carbocycles. The number of aromatic nitrogens is 3. The van der Waals surface area contributed by atoms with Gasteiger partial charge in [-0.3, -0.25) is 14.3 Å². The number of aryl methyl sites for hydroxylation is 1. The Morgan fingerprint density at radius 2 is 1.92 bits per heavy atom. The maximum atomic E-state index is 12.6. The van der Waals surface area contributed by atoms with Crippen molar-refractivity contribution in [2.75, 3.05) is 13.1 Å². The second-order valence-corrected chi connectivity index (χ2v) is 7.66. The Morgan fingerprint density at radius 3 is 2.50 bits per heavy atom. The van der Waals surface area contributed by atoms with Gasteiger partial charge >= 0.3 is 0 Å². The molecule has 0 radical (unpaired) electrons. The molecule has 2 aromatic rings. The van der Waals surface area contributed by atoms with Crippen LogP contribution >= 0.6 is 0 Å². The maximum Gasteiger partial charge on any atom is 0.251 e. The number of sulfonamides is 1. The lowest BCUT2D eigenvalue weighted by atomic mass is 10.3. The number of carbonyl (C=O) groups excluding carboxylic acids is 1. The van der Waals surface area contributed by atoms with E-state index in [1.54, 1.807) is 38.0 Å². The molecular weight excluding hydrogens is 358 g/mol. The summed E-state index contributed by atoms with van der Waals surface area (Å²) in [7, 11) is -1.93. The first-order chi connectivity index (χ1) is 12.3. The molecule has 2 aromatic heterocycles. The van der Waals surface area contributed by atoms with Crippen molar-refractivity contribution in [2.24, 2.45) is 7.05 Å². The van der Waals surface area contributed by atoms with E-state index < -0.39 is 21.5 Å². The zero-order chi connectivity index (χ0) is 19.3. The summed E-state index contributed by atoms with van der Waals surface area (Å²) in [6.45, 7) is 4.14. The normalized spacial score (nSPS) is 11.7. The monoisotopic (exact) mass is 381 g/mol. The summed E-state index contributed by atoms with van der Waals surface area (Å²) in [6, 6.07) is 2.42. The van der Waals surface area contributed by atoms with Gasteiger partial charge in [0.1, 0.15) is 6.54 Å². The highest BCUT2D eigenvalue weighted by atomic mass is 32.2. The van der Waals surface area contributed by atoms with Crippen LogP contribution in [0.3, 0.4) is 0 Å². The van der Waals surface area contributed by atoms with Gasteiger partial charge in [-0.05, 0) is 6.07 Å². The van der Waals surface area contributed by atoms with E-state index >= 15 is 0 Å². The number of amides is 1. The van der Waals surface area contributed by atoms with E-state index in [9.17, 15) is 18.0 Å². The summed E-state index contributed by atoms with van der Waals surface area (Å²) in [5.41, 5.74) is 0.381. The Hall–Kier alpha value is -2.46. The van der Waals surface area contributed by atoms with Crippen LogP contribution in [0.25, 0.3) is 0 Å². The second-order valence-electron chi connectivity index (χ2n) is 5.72. The Kier molecular flexibility index (Phi) is 6.32. The van der Waals surface area contributed by atoms with Crippen LogP contribution in [0, 0.1) is 0 Å². The SMILES string of the molecule is CCN(CC)S(=O)(=O)c1ccc(=O)n(CC(=O)NCc2cnn(C)c2)c1. The minimum atomic E-state index is -3.70. The van der Waals surface area contributed by atoms with Gasteiger partial charge in [0.2, 0.25) is 15.9 Å². The van der Waals surface area contributed by atoms with Crippen molar-refractivity contribution >= 4 is 15.9 Å². The molecule has 0 bridgehead atoms. The molecule has 0 atom stereocenters. The largest absolute Gasteiger partial charge is 0.350 e. The third-order valence-electron chi connectivity index (χ3n) is 3.86. The minimum absolute atomic E-state index is 0.0131. The summed E-state index contributed by atoms with van der Waals surface area (Å²) in [5.74, 6) is -0.395. The van der Waals surface area contributed by atoms with Crippen molar-refractivity contribution in [1.82, 2.24) is 24.0 Å². The molecule has 0 saturated heterocycles. The first kappa shape index (κ1) is 19.9. The third kappa shape index (κ3) is 4.58. The van der Waals surface area contributed by atoms with Crippen molar-refractivity contribution in [2.45, 2.75) is 31.8 Å². The molecule has 2 heterocycles. The molecule has 0 aliphatic heterocycles. The molecule has 26 heavy (non-hydrogen) atoms. The number of hydrogen-bond donors (Lipinski definition) is 1. The Morgan fingerprint density at radius 1 is 1.23 bits per heavy atom. The van der Waals surface area contributed by atoms with E-state index in [2.05, 4.69) is 10.4 Å². The van der Waals surface area contributed by atoms with Gasteiger partial charge in [0.25, 0.3) is 5.56 Å². The van der Waals surface area contributed by atoms with E-state index in [0.29, 0.717) is 13.1 Å². The summed E-state index contributed by atoms with van der Waals surface area (Å²) < 4.78 is 29.1.